The minimum atomic E-state index is 0.585. The second-order valence-corrected chi connectivity index (χ2v) is 4.31. The average Bonchev–Trinajstić information content (AvgIpc) is 2.75. The topological polar surface area (TPSA) is 41.6 Å². The van der Waals surface area contributed by atoms with E-state index in [-0.39, 0.29) is 0 Å². The van der Waals surface area contributed by atoms with Gasteiger partial charge in [-0.05, 0) is 18.1 Å². The van der Waals surface area contributed by atoms with Crippen molar-refractivity contribution in [3.05, 3.63) is 23.3 Å². The second kappa shape index (κ2) is 3.30. The fraction of sp³-hybridized carbons (Fsp3) is 0.333. The molecule has 0 aromatic carbocycles. The van der Waals surface area contributed by atoms with Gasteiger partial charge >= 0.3 is 0 Å². The highest BCUT2D eigenvalue weighted by Gasteiger charge is 2.06. The Morgan fingerprint density at radius 1 is 1.38 bits per heavy atom. The first kappa shape index (κ1) is 8.44. The van der Waals surface area contributed by atoms with Gasteiger partial charge in [-0.25, -0.2) is 4.98 Å². The second-order valence-electron chi connectivity index (χ2n) is 3.19. The lowest BCUT2D eigenvalue weighted by Crippen LogP contribution is -1.77. The van der Waals surface area contributed by atoms with Gasteiger partial charge in [-0.2, -0.15) is 5.10 Å². The van der Waals surface area contributed by atoms with E-state index in [9.17, 15) is 0 Å². The van der Waals surface area contributed by atoms with Crippen LogP contribution in [0.3, 0.4) is 0 Å². The van der Waals surface area contributed by atoms with E-state index in [0.29, 0.717) is 5.92 Å². The number of thiophene rings is 1. The molecule has 0 spiro atoms. The quantitative estimate of drug-likeness (QED) is 0.796. The largest absolute Gasteiger partial charge is 0.259 e. The van der Waals surface area contributed by atoms with Gasteiger partial charge in [0.15, 0.2) is 5.82 Å². The molecule has 2 aromatic rings. The van der Waals surface area contributed by atoms with E-state index in [1.807, 2.05) is 0 Å². The summed E-state index contributed by atoms with van der Waals surface area (Å²) in [4.78, 5) is 6.64. The number of aromatic nitrogens is 3. The highest BCUT2D eigenvalue weighted by atomic mass is 32.1. The predicted octanol–water partition coefficient (Wildman–Crippen LogP) is 2.66. The monoisotopic (exact) mass is 193 g/mol. The zero-order valence-electron chi connectivity index (χ0n) is 7.61. The maximum absolute atomic E-state index is 4.10. The lowest BCUT2D eigenvalue weighted by Gasteiger charge is -1.96. The summed E-state index contributed by atoms with van der Waals surface area (Å²) in [5.41, 5.74) is 0. The SMILES string of the molecule is CC(C)c1ccc(-c2ncn[nH]2)s1. The Kier molecular flexibility index (Phi) is 2.14. The van der Waals surface area contributed by atoms with Crippen molar-refractivity contribution in [3.63, 3.8) is 0 Å². The van der Waals surface area contributed by atoms with Gasteiger partial charge in [-0.1, -0.05) is 13.8 Å². The van der Waals surface area contributed by atoms with Crippen LogP contribution in [0, 0.1) is 0 Å². The molecule has 0 aliphatic carbocycles. The molecule has 4 heteroatoms. The van der Waals surface area contributed by atoms with E-state index < -0.39 is 0 Å². The zero-order chi connectivity index (χ0) is 9.26. The molecule has 2 heterocycles. The highest BCUT2D eigenvalue weighted by Crippen LogP contribution is 2.29. The smallest absolute Gasteiger partial charge is 0.165 e. The van der Waals surface area contributed by atoms with Crippen LogP contribution in [0.2, 0.25) is 0 Å². The Labute approximate surface area is 80.8 Å². The molecular formula is C9H11N3S. The Balaban J connectivity index is 2.33. The Morgan fingerprint density at radius 3 is 2.77 bits per heavy atom. The van der Waals surface area contributed by atoms with Crippen molar-refractivity contribution in [1.82, 2.24) is 15.2 Å². The van der Waals surface area contributed by atoms with Gasteiger partial charge in [0.2, 0.25) is 0 Å². The van der Waals surface area contributed by atoms with Crippen LogP contribution in [0.4, 0.5) is 0 Å². The summed E-state index contributed by atoms with van der Waals surface area (Å²) in [6.07, 6.45) is 1.53. The van der Waals surface area contributed by atoms with E-state index in [4.69, 9.17) is 0 Å². The van der Waals surface area contributed by atoms with E-state index >= 15 is 0 Å². The molecule has 0 aliphatic rings. The van der Waals surface area contributed by atoms with Gasteiger partial charge in [0, 0.05) is 4.88 Å². The Morgan fingerprint density at radius 2 is 2.23 bits per heavy atom. The molecule has 0 atom stereocenters. The first-order valence-electron chi connectivity index (χ1n) is 4.23. The molecule has 0 amide bonds. The van der Waals surface area contributed by atoms with Crippen molar-refractivity contribution < 1.29 is 0 Å². The molecule has 0 radical (unpaired) electrons. The maximum atomic E-state index is 4.10. The van der Waals surface area contributed by atoms with E-state index in [0.717, 1.165) is 10.7 Å². The van der Waals surface area contributed by atoms with Gasteiger partial charge in [0.1, 0.15) is 6.33 Å². The number of aromatic amines is 1. The minimum Gasteiger partial charge on any atom is -0.259 e. The van der Waals surface area contributed by atoms with Crippen LogP contribution in [-0.4, -0.2) is 15.2 Å². The Hall–Kier alpha value is -1.16. The van der Waals surface area contributed by atoms with Crippen LogP contribution in [0.15, 0.2) is 18.5 Å². The number of nitrogens with zero attached hydrogens (tertiary/aromatic N) is 2. The lowest BCUT2D eigenvalue weighted by molar-refractivity contribution is 0.890. The maximum Gasteiger partial charge on any atom is 0.165 e. The highest BCUT2D eigenvalue weighted by molar-refractivity contribution is 7.15. The first-order valence-corrected chi connectivity index (χ1v) is 5.04. The summed E-state index contributed by atoms with van der Waals surface area (Å²) >= 11 is 1.76. The molecule has 0 saturated carbocycles. The van der Waals surface area contributed by atoms with Crippen molar-refractivity contribution >= 4 is 11.3 Å². The fourth-order valence-corrected chi connectivity index (χ4v) is 2.07. The van der Waals surface area contributed by atoms with Gasteiger partial charge in [0.05, 0.1) is 4.88 Å². The average molecular weight is 193 g/mol. The molecule has 3 nitrogen and oxygen atoms in total. The van der Waals surface area contributed by atoms with Crippen molar-refractivity contribution in [3.8, 4) is 10.7 Å². The van der Waals surface area contributed by atoms with Gasteiger partial charge in [-0.15, -0.1) is 11.3 Å². The van der Waals surface area contributed by atoms with Crippen LogP contribution in [0.25, 0.3) is 10.7 Å². The van der Waals surface area contributed by atoms with Crippen molar-refractivity contribution in [2.24, 2.45) is 0 Å². The summed E-state index contributed by atoms with van der Waals surface area (Å²) < 4.78 is 0. The summed E-state index contributed by atoms with van der Waals surface area (Å²) in [5.74, 6) is 1.44. The fourth-order valence-electron chi connectivity index (χ4n) is 1.11. The summed E-state index contributed by atoms with van der Waals surface area (Å²) in [6, 6.07) is 4.23. The third-order valence-electron chi connectivity index (χ3n) is 1.84. The van der Waals surface area contributed by atoms with Crippen LogP contribution < -0.4 is 0 Å². The Bertz CT molecular complexity index is 375. The number of hydrogen-bond donors (Lipinski definition) is 1. The predicted molar refractivity (Wildman–Crippen MR) is 53.8 cm³/mol. The number of nitrogens with one attached hydrogen (secondary N) is 1. The molecule has 0 unspecified atom stereocenters. The van der Waals surface area contributed by atoms with Crippen LogP contribution in [-0.2, 0) is 0 Å². The van der Waals surface area contributed by atoms with Crippen LogP contribution in [0.5, 0.6) is 0 Å². The lowest BCUT2D eigenvalue weighted by atomic mass is 10.2. The molecule has 0 fully saturated rings. The van der Waals surface area contributed by atoms with Crippen LogP contribution >= 0.6 is 11.3 Å². The summed E-state index contributed by atoms with van der Waals surface area (Å²) in [7, 11) is 0. The normalized spacial score (nSPS) is 11.0. The van der Waals surface area contributed by atoms with Crippen molar-refractivity contribution in [2.75, 3.05) is 0 Å². The number of rotatable bonds is 2. The molecule has 0 aliphatic heterocycles. The molecule has 1 N–H and O–H groups in total. The summed E-state index contributed by atoms with van der Waals surface area (Å²) in [6.45, 7) is 4.38. The zero-order valence-corrected chi connectivity index (χ0v) is 8.43. The molecule has 13 heavy (non-hydrogen) atoms. The summed E-state index contributed by atoms with van der Waals surface area (Å²) in [5, 5.41) is 6.68. The molecule has 0 bridgehead atoms. The molecule has 0 saturated heterocycles. The van der Waals surface area contributed by atoms with Gasteiger partial charge in [-0.3, -0.25) is 5.10 Å². The van der Waals surface area contributed by atoms with Crippen molar-refractivity contribution in [2.45, 2.75) is 19.8 Å². The van der Waals surface area contributed by atoms with Gasteiger partial charge in [0.25, 0.3) is 0 Å². The van der Waals surface area contributed by atoms with E-state index in [1.165, 1.54) is 11.2 Å². The molecule has 2 rings (SSSR count). The molecule has 2 aromatic heterocycles. The van der Waals surface area contributed by atoms with Crippen molar-refractivity contribution in [1.29, 1.82) is 0 Å². The third kappa shape index (κ3) is 1.62. The minimum absolute atomic E-state index is 0.585. The van der Waals surface area contributed by atoms with E-state index in [1.54, 1.807) is 11.3 Å². The van der Waals surface area contributed by atoms with Crippen LogP contribution in [0.1, 0.15) is 24.6 Å². The van der Waals surface area contributed by atoms with E-state index in [2.05, 4.69) is 41.2 Å². The first-order chi connectivity index (χ1) is 6.27. The number of H-pyrrole nitrogens is 1. The molecular weight excluding hydrogens is 182 g/mol. The molecule has 68 valence electrons. The number of hydrogen-bond acceptors (Lipinski definition) is 3. The standard InChI is InChI=1S/C9H11N3S/c1-6(2)7-3-4-8(13-7)9-10-5-11-12-9/h3-6H,1-2H3,(H,10,11,12). The van der Waals surface area contributed by atoms with Gasteiger partial charge < -0.3 is 0 Å². The third-order valence-corrected chi connectivity index (χ3v) is 3.24.